The number of aromatic nitrogens is 5. The molecule has 0 spiro atoms. The molecule has 0 unspecified atom stereocenters. The zero-order valence-electron chi connectivity index (χ0n) is 19.8. The number of benzene rings is 1. The Kier molecular flexibility index (Phi) is 4.53. The van der Waals surface area contributed by atoms with Gasteiger partial charge in [0.05, 0.1) is 35.9 Å². The van der Waals surface area contributed by atoms with Crippen molar-refractivity contribution in [2.75, 3.05) is 24.7 Å². The first kappa shape index (κ1) is 16.7. The molecule has 2 aromatic heterocycles. The van der Waals surface area contributed by atoms with Crippen LogP contribution in [0.2, 0.25) is 0 Å². The van der Waals surface area contributed by atoms with Crippen LogP contribution in [0.1, 0.15) is 27.4 Å². The van der Waals surface area contributed by atoms with Gasteiger partial charge < -0.3 is 20.7 Å². The second-order valence-corrected chi connectivity index (χ2v) is 6.95. The van der Waals surface area contributed by atoms with E-state index in [2.05, 4.69) is 30.9 Å². The van der Waals surface area contributed by atoms with Crippen LogP contribution in [0.15, 0.2) is 30.7 Å². The fourth-order valence-corrected chi connectivity index (χ4v) is 3.04. The van der Waals surface area contributed by atoms with E-state index in [9.17, 15) is 9.59 Å². The number of anilines is 3. The van der Waals surface area contributed by atoms with E-state index >= 15 is 0 Å². The number of amides is 2. The molecule has 0 atom stereocenters. The number of aryl methyl sites for hydroxylation is 1. The van der Waals surface area contributed by atoms with Crippen molar-refractivity contribution >= 4 is 28.9 Å². The quantitative estimate of drug-likeness (QED) is 0.521. The molecule has 1 aromatic carbocycles. The number of methoxy groups -OCH3 is 1. The van der Waals surface area contributed by atoms with Crippen LogP contribution in [0.4, 0.5) is 17.1 Å². The molecule has 11 heteroatoms. The third kappa shape index (κ3) is 4.15. The highest BCUT2D eigenvalue weighted by Crippen LogP contribution is 2.39. The highest BCUT2D eigenvalue weighted by Gasteiger charge is 2.31. The van der Waals surface area contributed by atoms with E-state index in [1.54, 1.807) is 36.3 Å². The van der Waals surface area contributed by atoms with Crippen LogP contribution in [0.3, 0.4) is 0 Å². The smallest absolute Gasteiger partial charge is 0.273 e. The van der Waals surface area contributed by atoms with E-state index in [1.807, 2.05) is 5.32 Å². The van der Waals surface area contributed by atoms with Crippen LogP contribution in [-0.4, -0.2) is 50.9 Å². The number of para-hydroxylation sites is 1. The van der Waals surface area contributed by atoms with Crippen molar-refractivity contribution in [3.8, 4) is 17.1 Å². The summed E-state index contributed by atoms with van der Waals surface area (Å²) in [5.74, 6) is -0.546. The highest BCUT2D eigenvalue weighted by atomic mass is 16.5. The predicted molar refractivity (Wildman–Crippen MR) is 113 cm³/mol. The first-order valence-electron chi connectivity index (χ1n) is 11.0. The number of hydrogen-bond donors (Lipinski definition) is 3. The number of ether oxygens (including phenoxy) is 1. The van der Waals surface area contributed by atoms with Crippen molar-refractivity contribution < 1.29 is 18.4 Å². The summed E-state index contributed by atoms with van der Waals surface area (Å²) in [6, 6.07) is 5.18. The number of rotatable bonds is 7. The second kappa shape index (κ2) is 8.38. The average Bonchev–Trinajstić information content (AvgIpc) is 3.54. The van der Waals surface area contributed by atoms with Crippen molar-refractivity contribution in [2.24, 2.45) is 13.0 Å². The summed E-state index contributed by atoms with van der Waals surface area (Å²) < 4.78 is 29.2. The molecule has 11 nitrogen and oxygen atoms in total. The number of hydrogen-bond acceptors (Lipinski definition) is 8. The predicted octanol–water partition coefficient (Wildman–Crippen LogP) is 1.73. The lowest BCUT2D eigenvalue weighted by atomic mass is 10.1. The van der Waals surface area contributed by atoms with Crippen molar-refractivity contribution in [3.63, 3.8) is 0 Å². The molecule has 2 amide bonds. The molecular formula is C20H22N8O3. The van der Waals surface area contributed by atoms with E-state index in [-0.39, 0.29) is 28.9 Å². The topological polar surface area (TPSA) is 136 Å². The Morgan fingerprint density at radius 2 is 2.13 bits per heavy atom. The summed E-state index contributed by atoms with van der Waals surface area (Å²) in [7, 11) is 3.20. The second-order valence-electron chi connectivity index (χ2n) is 6.95. The van der Waals surface area contributed by atoms with E-state index < -0.39 is 12.9 Å². The minimum Gasteiger partial charge on any atom is -0.494 e. The van der Waals surface area contributed by atoms with Crippen LogP contribution in [-0.2, 0) is 11.8 Å². The van der Waals surface area contributed by atoms with E-state index in [0.29, 0.717) is 22.8 Å². The molecule has 0 radical (unpaired) electrons. The molecule has 3 aromatic rings. The van der Waals surface area contributed by atoms with Gasteiger partial charge in [-0.1, -0.05) is 6.07 Å². The minimum absolute atomic E-state index is 0.0650. The molecule has 0 saturated heterocycles. The molecule has 1 aliphatic rings. The normalized spacial score (nSPS) is 14.7. The lowest BCUT2D eigenvalue weighted by Crippen LogP contribution is -2.23. The van der Waals surface area contributed by atoms with Gasteiger partial charge in [0.15, 0.2) is 17.3 Å². The molecule has 1 saturated carbocycles. The molecule has 160 valence electrons. The van der Waals surface area contributed by atoms with Gasteiger partial charge in [-0.15, -0.1) is 5.10 Å². The van der Waals surface area contributed by atoms with Crippen molar-refractivity contribution in [1.82, 2.24) is 30.3 Å². The molecule has 4 rings (SSSR count). The van der Waals surface area contributed by atoms with Crippen LogP contribution in [0.5, 0.6) is 5.75 Å². The Hall–Kier alpha value is -4.02. The average molecular weight is 425 g/mol. The van der Waals surface area contributed by atoms with Crippen LogP contribution >= 0.6 is 0 Å². The van der Waals surface area contributed by atoms with E-state index in [1.165, 1.54) is 13.3 Å². The monoisotopic (exact) mass is 425 g/mol. The summed E-state index contributed by atoms with van der Waals surface area (Å²) in [5, 5.41) is 19.6. The number of nitrogens with zero attached hydrogens (tertiary/aromatic N) is 5. The zero-order valence-corrected chi connectivity index (χ0v) is 16.8. The van der Waals surface area contributed by atoms with Crippen molar-refractivity contribution in [3.05, 3.63) is 36.4 Å². The largest absolute Gasteiger partial charge is 0.494 e. The van der Waals surface area contributed by atoms with Gasteiger partial charge in [-0.2, -0.15) is 10.2 Å². The Balaban J connectivity index is 1.78. The molecule has 1 fully saturated rings. The third-order valence-corrected chi connectivity index (χ3v) is 4.70. The van der Waals surface area contributed by atoms with Crippen molar-refractivity contribution in [1.29, 1.82) is 0 Å². The Labute approximate surface area is 182 Å². The van der Waals surface area contributed by atoms with Crippen molar-refractivity contribution in [2.45, 2.75) is 12.8 Å². The SMILES string of the molecule is [2H]C([2H])([2H])NC(=O)c1nncc(NC(=O)C2CC2)c1Nc1cccc(-c2ncn(C)n2)c1OC. The van der Waals surface area contributed by atoms with Gasteiger partial charge in [0.1, 0.15) is 6.33 Å². The third-order valence-electron chi connectivity index (χ3n) is 4.70. The van der Waals surface area contributed by atoms with Gasteiger partial charge in [-0.25, -0.2) is 4.98 Å². The first-order chi connectivity index (χ1) is 16.2. The zero-order chi connectivity index (χ0) is 24.5. The fraction of sp³-hybridized carbons (Fsp3) is 0.300. The van der Waals surface area contributed by atoms with Gasteiger partial charge in [0, 0.05) is 24.1 Å². The molecule has 0 aliphatic heterocycles. The molecule has 2 heterocycles. The number of carbonyl (C=O) groups is 2. The lowest BCUT2D eigenvalue weighted by Gasteiger charge is -2.18. The fourth-order valence-electron chi connectivity index (χ4n) is 3.04. The summed E-state index contributed by atoms with van der Waals surface area (Å²) >= 11 is 0. The molecular weight excluding hydrogens is 400 g/mol. The standard InChI is InChI=1S/C20H22N8O3/c1-21-20(30)16-15(14(9-23-26-16)25-19(29)11-7-8-11)24-13-6-4-5-12(17(13)31-3)18-22-10-28(2)27-18/h4-6,9-11H,7-8H2,1-3H3,(H,21,30)(H,23,24)(H,25,26,29)/i1D3. The summed E-state index contributed by atoms with van der Waals surface area (Å²) in [4.78, 5) is 29.4. The van der Waals surface area contributed by atoms with E-state index in [0.717, 1.165) is 12.8 Å². The summed E-state index contributed by atoms with van der Waals surface area (Å²) in [6.45, 7) is -2.74. The first-order valence-corrected chi connectivity index (χ1v) is 9.45. The van der Waals surface area contributed by atoms with Crippen LogP contribution in [0.25, 0.3) is 11.4 Å². The summed E-state index contributed by atoms with van der Waals surface area (Å²) in [6.07, 6.45) is 4.37. The molecule has 31 heavy (non-hydrogen) atoms. The molecule has 3 N–H and O–H groups in total. The number of nitrogens with one attached hydrogen (secondary N) is 3. The number of carbonyl (C=O) groups excluding carboxylic acids is 2. The Bertz CT molecular complexity index is 1240. The maximum absolute atomic E-state index is 12.7. The Morgan fingerprint density at radius 3 is 2.81 bits per heavy atom. The maximum Gasteiger partial charge on any atom is 0.273 e. The van der Waals surface area contributed by atoms with Crippen LogP contribution in [0, 0.1) is 5.92 Å². The highest BCUT2D eigenvalue weighted by molar-refractivity contribution is 6.05. The van der Waals surface area contributed by atoms with Gasteiger partial charge in [-0.3, -0.25) is 14.3 Å². The molecule has 1 aliphatic carbocycles. The maximum atomic E-state index is 12.7. The minimum atomic E-state index is -2.74. The molecule has 0 bridgehead atoms. The van der Waals surface area contributed by atoms with Gasteiger partial charge in [-0.05, 0) is 25.0 Å². The Morgan fingerprint density at radius 1 is 1.29 bits per heavy atom. The van der Waals surface area contributed by atoms with Gasteiger partial charge >= 0.3 is 0 Å². The summed E-state index contributed by atoms with van der Waals surface area (Å²) in [5.41, 5.74) is 0.909. The lowest BCUT2D eigenvalue weighted by molar-refractivity contribution is -0.117. The van der Waals surface area contributed by atoms with E-state index in [4.69, 9.17) is 8.85 Å². The van der Waals surface area contributed by atoms with Crippen LogP contribution < -0.4 is 20.7 Å². The van der Waals surface area contributed by atoms with Gasteiger partial charge in [0.2, 0.25) is 5.91 Å². The van der Waals surface area contributed by atoms with Gasteiger partial charge in [0.25, 0.3) is 5.91 Å².